The lowest BCUT2D eigenvalue weighted by Gasteiger charge is -2.45. The first-order valence-corrected chi connectivity index (χ1v) is 6.73. The number of hydrogen-bond donors (Lipinski definition) is 0. The largest absolute Gasteiger partial charge is 0.197 e. The summed E-state index contributed by atoms with van der Waals surface area (Å²) in [4.78, 5) is 0. The lowest BCUT2D eigenvalue weighted by molar-refractivity contribution is 0.335. The fourth-order valence-electron chi connectivity index (χ4n) is 4.01. The molecule has 1 nitrogen and oxygen atoms in total. The van der Waals surface area contributed by atoms with Crippen molar-refractivity contribution in [3.05, 3.63) is 59.7 Å². The summed E-state index contributed by atoms with van der Waals surface area (Å²) < 4.78 is 0. The Morgan fingerprint density at radius 2 is 2.00 bits per heavy atom. The molecule has 0 unspecified atom stereocenters. The highest BCUT2D eigenvalue weighted by molar-refractivity contribution is 5.54. The number of allylic oxidation sites excluding steroid dienone is 4. The van der Waals surface area contributed by atoms with Crippen LogP contribution >= 0.6 is 0 Å². The summed E-state index contributed by atoms with van der Waals surface area (Å²) in [5.41, 5.74) is 2.20. The van der Waals surface area contributed by atoms with Crippen LogP contribution in [0.25, 0.3) is 0 Å². The van der Waals surface area contributed by atoms with Gasteiger partial charge in [-0.3, -0.25) is 0 Å². The molecule has 6 aliphatic carbocycles. The Morgan fingerprint density at radius 3 is 2.78 bits per heavy atom. The topological polar surface area (TPSA) is 23.8 Å². The van der Waals surface area contributed by atoms with Crippen LogP contribution in [0.5, 0.6) is 0 Å². The number of nitriles is 1. The Bertz CT molecular complexity index is 604. The second kappa shape index (κ2) is 3.36. The van der Waals surface area contributed by atoms with Crippen molar-refractivity contribution in [2.24, 2.45) is 11.8 Å². The maximum atomic E-state index is 9.81. The summed E-state index contributed by atoms with van der Waals surface area (Å²) in [5.74, 6) is 1.44. The summed E-state index contributed by atoms with van der Waals surface area (Å²) in [5, 5.41) is 9.81. The van der Waals surface area contributed by atoms with Gasteiger partial charge in [-0.05, 0) is 29.9 Å². The minimum atomic E-state index is -0.422. The van der Waals surface area contributed by atoms with Gasteiger partial charge in [-0.2, -0.15) is 5.26 Å². The van der Waals surface area contributed by atoms with E-state index in [4.69, 9.17) is 0 Å². The smallest absolute Gasteiger partial charge is 0.107 e. The number of hydrogen-bond acceptors (Lipinski definition) is 1. The molecule has 0 N–H and O–H groups in total. The molecule has 0 amide bonds. The maximum Gasteiger partial charge on any atom is 0.107 e. The zero-order valence-electron chi connectivity index (χ0n) is 10.2. The summed E-state index contributed by atoms with van der Waals surface area (Å²) in [6, 6.07) is 11.2. The van der Waals surface area contributed by atoms with Crippen molar-refractivity contribution in [2.45, 2.75) is 24.2 Å². The van der Waals surface area contributed by atoms with E-state index in [1.54, 1.807) is 0 Å². The molecule has 0 saturated heterocycles. The third kappa shape index (κ3) is 1.06. The van der Waals surface area contributed by atoms with E-state index in [0.717, 1.165) is 6.42 Å². The third-order valence-electron chi connectivity index (χ3n) is 4.96. The molecule has 1 aromatic carbocycles. The van der Waals surface area contributed by atoms with Crippen LogP contribution in [0.3, 0.4) is 0 Å². The van der Waals surface area contributed by atoms with Crippen molar-refractivity contribution in [1.82, 2.24) is 0 Å². The van der Waals surface area contributed by atoms with Gasteiger partial charge in [-0.15, -0.1) is 0 Å². The third-order valence-corrected chi connectivity index (χ3v) is 4.96. The molecule has 0 aromatic heterocycles. The minimum absolute atomic E-state index is 0.345. The highest BCUT2D eigenvalue weighted by Crippen LogP contribution is 2.52. The Morgan fingerprint density at radius 1 is 1.11 bits per heavy atom. The van der Waals surface area contributed by atoms with Crippen LogP contribution in [-0.2, 0) is 5.41 Å². The molecule has 88 valence electrons. The number of benzene rings is 1. The fraction of sp³-hybridized carbons (Fsp3) is 0.353. The van der Waals surface area contributed by atoms with Crippen molar-refractivity contribution in [2.75, 3.05) is 0 Å². The van der Waals surface area contributed by atoms with Crippen molar-refractivity contribution >= 4 is 0 Å². The van der Waals surface area contributed by atoms with E-state index in [9.17, 15) is 5.26 Å². The van der Waals surface area contributed by atoms with Crippen molar-refractivity contribution in [3.8, 4) is 6.07 Å². The number of nitrogens with zero attached hydrogens (tertiary/aromatic N) is 1. The SMILES string of the molecule is N#C[C@@]12C=C[C@@H](c3ccccc31)[C@@H]1C=C[C@H]2CC1. The van der Waals surface area contributed by atoms with Crippen molar-refractivity contribution < 1.29 is 0 Å². The lowest BCUT2D eigenvalue weighted by Crippen LogP contribution is -2.40. The van der Waals surface area contributed by atoms with E-state index >= 15 is 0 Å². The molecule has 6 aliphatic rings. The molecular formula is C17H15N. The molecule has 0 aliphatic heterocycles. The van der Waals surface area contributed by atoms with Crippen LogP contribution < -0.4 is 0 Å². The second-order valence-electron chi connectivity index (χ2n) is 5.69. The molecule has 4 bridgehead atoms. The molecule has 0 spiro atoms. The Labute approximate surface area is 107 Å². The van der Waals surface area contributed by atoms with Crippen molar-refractivity contribution in [3.63, 3.8) is 0 Å². The van der Waals surface area contributed by atoms with Gasteiger partial charge in [0, 0.05) is 11.8 Å². The van der Waals surface area contributed by atoms with E-state index in [2.05, 4.69) is 54.6 Å². The number of rotatable bonds is 0. The van der Waals surface area contributed by atoms with Crippen LogP contribution in [0.2, 0.25) is 0 Å². The first-order valence-electron chi connectivity index (χ1n) is 6.73. The molecule has 18 heavy (non-hydrogen) atoms. The highest BCUT2D eigenvalue weighted by Gasteiger charge is 2.46. The van der Waals surface area contributed by atoms with Gasteiger partial charge < -0.3 is 0 Å². The van der Waals surface area contributed by atoms with Gasteiger partial charge in [-0.25, -0.2) is 0 Å². The van der Waals surface area contributed by atoms with Gasteiger partial charge in [0.05, 0.1) is 6.07 Å². The van der Waals surface area contributed by atoms with Crippen LogP contribution in [0.4, 0.5) is 0 Å². The molecule has 0 fully saturated rings. The predicted octanol–water partition coefficient (Wildman–Crippen LogP) is 3.70. The monoisotopic (exact) mass is 233 g/mol. The predicted molar refractivity (Wildman–Crippen MR) is 71.0 cm³/mol. The molecule has 0 radical (unpaired) electrons. The molecular weight excluding hydrogens is 218 g/mol. The van der Waals surface area contributed by atoms with E-state index in [-0.39, 0.29) is 0 Å². The van der Waals surface area contributed by atoms with Crippen LogP contribution in [0.15, 0.2) is 48.6 Å². The lowest BCUT2D eigenvalue weighted by atomic mass is 9.57. The molecule has 1 heteroatoms. The van der Waals surface area contributed by atoms with E-state index < -0.39 is 5.41 Å². The van der Waals surface area contributed by atoms with Gasteiger partial charge in [-0.1, -0.05) is 48.6 Å². The van der Waals surface area contributed by atoms with Crippen LogP contribution in [-0.4, -0.2) is 0 Å². The van der Waals surface area contributed by atoms with Crippen LogP contribution in [0.1, 0.15) is 29.9 Å². The second-order valence-corrected chi connectivity index (χ2v) is 5.69. The van der Waals surface area contributed by atoms with Crippen molar-refractivity contribution in [1.29, 1.82) is 5.26 Å². The van der Waals surface area contributed by atoms with Gasteiger partial charge in [0.25, 0.3) is 0 Å². The average Bonchev–Trinajstić information content (AvgIpc) is 2.43. The van der Waals surface area contributed by atoms with E-state index in [1.165, 1.54) is 17.5 Å². The van der Waals surface area contributed by atoms with Gasteiger partial charge in [0.2, 0.25) is 0 Å². The highest BCUT2D eigenvalue weighted by atomic mass is 14.5. The quantitative estimate of drug-likeness (QED) is 0.627. The summed E-state index contributed by atoms with van der Waals surface area (Å²) in [7, 11) is 0. The van der Waals surface area contributed by atoms with Gasteiger partial charge >= 0.3 is 0 Å². The Hall–Kier alpha value is -1.81. The summed E-state index contributed by atoms with van der Waals surface area (Å²) >= 11 is 0. The first kappa shape index (κ1) is 10.1. The van der Waals surface area contributed by atoms with Crippen LogP contribution in [0, 0.1) is 23.2 Å². The summed E-state index contributed by atoms with van der Waals surface area (Å²) in [6.45, 7) is 0. The Balaban J connectivity index is 2.07. The normalized spacial score (nSPS) is 38.9. The molecule has 0 heterocycles. The zero-order valence-corrected chi connectivity index (χ0v) is 10.2. The minimum Gasteiger partial charge on any atom is -0.197 e. The maximum absolute atomic E-state index is 9.81. The molecule has 1 aromatic rings. The van der Waals surface area contributed by atoms with E-state index in [1.807, 2.05) is 0 Å². The van der Waals surface area contributed by atoms with E-state index in [0.29, 0.717) is 17.8 Å². The Kier molecular flexibility index (Phi) is 1.89. The molecule has 0 saturated carbocycles. The fourth-order valence-corrected chi connectivity index (χ4v) is 4.01. The summed E-state index contributed by atoms with van der Waals surface area (Å²) in [6.07, 6.45) is 11.5. The van der Waals surface area contributed by atoms with Gasteiger partial charge in [0.15, 0.2) is 0 Å². The van der Waals surface area contributed by atoms with Gasteiger partial charge in [0.1, 0.15) is 5.41 Å². The molecule has 7 rings (SSSR count). The zero-order chi connectivity index (χ0) is 12.2. The first-order chi connectivity index (χ1) is 8.85. The standard InChI is InChI=1S/C17H15N/c18-11-17-10-9-14(12-5-7-13(17)8-6-12)15-3-1-2-4-16(15)17/h1-5,7,9-10,12-14H,6,8H2/t12-,13+,14-,17-/m1/s1. The molecule has 4 atom stereocenters. The average molecular weight is 233 g/mol.